The number of piperazine rings is 1. The van der Waals surface area contributed by atoms with Gasteiger partial charge in [0.15, 0.2) is 11.5 Å². The monoisotopic (exact) mass is 372 g/mol. The number of nitrogens with zero attached hydrogens (tertiary/aromatic N) is 3. The van der Waals surface area contributed by atoms with Crippen LogP contribution in [0.2, 0.25) is 0 Å². The summed E-state index contributed by atoms with van der Waals surface area (Å²) in [6.07, 6.45) is 1.47. The number of rotatable bonds is 5. The fourth-order valence-electron chi connectivity index (χ4n) is 3.26. The molecule has 0 spiro atoms. The van der Waals surface area contributed by atoms with Gasteiger partial charge in [-0.25, -0.2) is 4.98 Å². The summed E-state index contributed by atoms with van der Waals surface area (Å²) in [7, 11) is 0. The zero-order chi connectivity index (χ0) is 18.6. The van der Waals surface area contributed by atoms with E-state index in [1.807, 2.05) is 18.2 Å². The Bertz CT molecular complexity index is 824. The lowest BCUT2D eigenvalue weighted by atomic mass is 10.2. The first kappa shape index (κ1) is 17.5. The number of amides is 1. The molecule has 2 aromatic rings. The van der Waals surface area contributed by atoms with Gasteiger partial charge in [0.1, 0.15) is 0 Å². The number of carbonyl (C=O) groups excluding carboxylic acids is 1. The van der Waals surface area contributed by atoms with Crippen LogP contribution in [0.4, 0.5) is 10.1 Å². The van der Waals surface area contributed by atoms with Gasteiger partial charge in [-0.15, -0.1) is 0 Å². The zero-order valence-electron chi connectivity index (χ0n) is 14.9. The Labute approximate surface area is 156 Å². The highest BCUT2D eigenvalue weighted by Gasteiger charge is 2.20. The number of hydrogen-bond acceptors (Lipinski definition) is 6. The molecule has 7 nitrogen and oxygen atoms in total. The van der Waals surface area contributed by atoms with Crippen molar-refractivity contribution >= 4 is 11.6 Å². The Morgan fingerprint density at radius 2 is 1.93 bits per heavy atom. The molecule has 1 aromatic carbocycles. The number of ether oxygens (including phenoxy) is 2. The Balaban J connectivity index is 1.22. The molecule has 0 atom stereocenters. The van der Waals surface area contributed by atoms with Gasteiger partial charge >= 0.3 is 0 Å². The van der Waals surface area contributed by atoms with Gasteiger partial charge in [0.25, 0.3) is 0 Å². The first-order chi connectivity index (χ1) is 13.2. The molecule has 1 saturated heterocycles. The summed E-state index contributed by atoms with van der Waals surface area (Å²) >= 11 is 0. The van der Waals surface area contributed by atoms with Gasteiger partial charge in [-0.2, -0.15) is 4.39 Å². The third kappa shape index (κ3) is 4.28. The maximum atomic E-state index is 13.3. The average Bonchev–Trinajstić information content (AvgIpc) is 3.15. The fraction of sp³-hybridized carbons (Fsp3) is 0.368. The van der Waals surface area contributed by atoms with E-state index in [0.29, 0.717) is 18.8 Å². The van der Waals surface area contributed by atoms with Gasteiger partial charge in [0.2, 0.25) is 18.6 Å². The fourth-order valence-corrected chi connectivity index (χ4v) is 3.26. The molecule has 2 aliphatic heterocycles. The second-order valence-corrected chi connectivity index (χ2v) is 6.56. The number of hydrogen-bond donors (Lipinski definition) is 1. The lowest BCUT2D eigenvalue weighted by Crippen LogP contribution is -2.49. The summed E-state index contributed by atoms with van der Waals surface area (Å²) in [6, 6.07) is 8.89. The predicted octanol–water partition coefficient (Wildman–Crippen LogP) is 1.39. The van der Waals surface area contributed by atoms with Crippen LogP contribution in [-0.2, 0) is 11.3 Å². The van der Waals surface area contributed by atoms with E-state index in [2.05, 4.69) is 20.1 Å². The quantitative estimate of drug-likeness (QED) is 0.800. The Kier molecular flexibility index (Phi) is 5.06. The molecule has 0 radical (unpaired) electrons. The number of carbonyl (C=O) groups is 1. The Hall–Kier alpha value is -2.87. The van der Waals surface area contributed by atoms with Gasteiger partial charge in [0, 0.05) is 50.7 Å². The highest BCUT2D eigenvalue weighted by molar-refractivity contribution is 5.78. The van der Waals surface area contributed by atoms with Gasteiger partial charge in [-0.3, -0.25) is 9.69 Å². The molecule has 1 aromatic heterocycles. The van der Waals surface area contributed by atoms with Crippen molar-refractivity contribution in [2.24, 2.45) is 0 Å². The number of aromatic nitrogens is 1. The molecule has 0 bridgehead atoms. The van der Waals surface area contributed by atoms with Crippen molar-refractivity contribution in [3.8, 4) is 11.5 Å². The number of pyridine rings is 1. The van der Waals surface area contributed by atoms with Crippen molar-refractivity contribution in [2.45, 2.75) is 6.54 Å². The minimum Gasteiger partial charge on any atom is -0.454 e. The largest absolute Gasteiger partial charge is 0.454 e. The van der Waals surface area contributed by atoms with Crippen LogP contribution in [0, 0.1) is 5.95 Å². The van der Waals surface area contributed by atoms with Crippen molar-refractivity contribution < 1.29 is 18.7 Å². The third-order valence-electron chi connectivity index (χ3n) is 4.74. The topological polar surface area (TPSA) is 66.9 Å². The number of anilines is 1. The van der Waals surface area contributed by atoms with Crippen LogP contribution in [0.3, 0.4) is 0 Å². The Morgan fingerprint density at radius 1 is 1.11 bits per heavy atom. The predicted molar refractivity (Wildman–Crippen MR) is 97.3 cm³/mol. The lowest BCUT2D eigenvalue weighted by Gasteiger charge is -2.35. The summed E-state index contributed by atoms with van der Waals surface area (Å²) < 4.78 is 23.9. The van der Waals surface area contributed by atoms with E-state index in [-0.39, 0.29) is 12.7 Å². The molecule has 1 amide bonds. The number of halogens is 1. The van der Waals surface area contributed by atoms with Crippen molar-refractivity contribution in [3.05, 3.63) is 48.0 Å². The van der Waals surface area contributed by atoms with Crippen LogP contribution < -0.4 is 19.7 Å². The maximum Gasteiger partial charge on any atom is 0.234 e. The van der Waals surface area contributed by atoms with Gasteiger partial charge in [-0.1, -0.05) is 6.07 Å². The smallest absolute Gasteiger partial charge is 0.234 e. The molecule has 27 heavy (non-hydrogen) atoms. The SMILES string of the molecule is O=C(CN1CCN(c2ccnc(F)c2)CC1)NCc1ccc2c(c1)OCO2. The van der Waals surface area contributed by atoms with Crippen LogP contribution in [-0.4, -0.2) is 55.3 Å². The molecule has 3 heterocycles. The summed E-state index contributed by atoms with van der Waals surface area (Å²) in [5.74, 6) is 0.955. The second-order valence-electron chi connectivity index (χ2n) is 6.56. The van der Waals surface area contributed by atoms with E-state index in [0.717, 1.165) is 43.2 Å². The average molecular weight is 372 g/mol. The van der Waals surface area contributed by atoms with E-state index >= 15 is 0 Å². The van der Waals surface area contributed by atoms with Gasteiger partial charge in [0.05, 0.1) is 6.54 Å². The van der Waals surface area contributed by atoms with Crippen LogP contribution in [0.1, 0.15) is 5.56 Å². The van der Waals surface area contributed by atoms with Crippen LogP contribution in [0.25, 0.3) is 0 Å². The highest BCUT2D eigenvalue weighted by atomic mass is 19.1. The number of fused-ring (bicyclic) bond motifs is 1. The van der Waals surface area contributed by atoms with Gasteiger partial charge < -0.3 is 19.7 Å². The summed E-state index contributed by atoms with van der Waals surface area (Å²) in [6.45, 7) is 4.04. The third-order valence-corrected chi connectivity index (χ3v) is 4.74. The zero-order valence-corrected chi connectivity index (χ0v) is 14.9. The molecular formula is C19H21FN4O3. The molecule has 0 aliphatic carbocycles. The maximum absolute atomic E-state index is 13.3. The van der Waals surface area contributed by atoms with E-state index in [4.69, 9.17) is 9.47 Å². The number of nitrogens with one attached hydrogen (secondary N) is 1. The summed E-state index contributed by atoms with van der Waals surface area (Å²) in [5.41, 5.74) is 1.80. The molecule has 1 N–H and O–H groups in total. The van der Waals surface area contributed by atoms with Crippen LogP contribution in [0.15, 0.2) is 36.5 Å². The Morgan fingerprint density at radius 3 is 2.74 bits per heavy atom. The molecule has 2 aliphatic rings. The highest BCUT2D eigenvalue weighted by Crippen LogP contribution is 2.32. The molecular weight excluding hydrogens is 351 g/mol. The molecule has 142 valence electrons. The van der Waals surface area contributed by atoms with Gasteiger partial charge in [-0.05, 0) is 23.8 Å². The molecule has 0 saturated carbocycles. The molecule has 0 unspecified atom stereocenters. The second kappa shape index (κ2) is 7.79. The van der Waals surface area contributed by atoms with E-state index < -0.39 is 5.95 Å². The first-order valence-electron chi connectivity index (χ1n) is 8.91. The van der Waals surface area contributed by atoms with E-state index in [9.17, 15) is 9.18 Å². The first-order valence-corrected chi connectivity index (χ1v) is 8.91. The van der Waals surface area contributed by atoms with Crippen molar-refractivity contribution in [1.82, 2.24) is 15.2 Å². The number of benzene rings is 1. The molecule has 8 heteroatoms. The van der Waals surface area contributed by atoms with E-state index in [1.165, 1.54) is 12.3 Å². The van der Waals surface area contributed by atoms with E-state index in [1.54, 1.807) is 6.07 Å². The minimum absolute atomic E-state index is 0.0175. The normalized spacial score (nSPS) is 16.4. The molecule has 4 rings (SSSR count). The summed E-state index contributed by atoms with van der Waals surface area (Å²) in [4.78, 5) is 20.0. The molecule has 1 fully saturated rings. The summed E-state index contributed by atoms with van der Waals surface area (Å²) in [5, 5.41) is 2.94. The van der Waals surface area contributed by atoms with Crippen LogP contribution >= 0.6 is 0 Å². The van der Waals surface area contributed by atoms with Crippen molar-refractivity contribution in [3.63, 3.8) is 0 Å². The lowest BCUT2D eigenvalue weighted by molar-refractivity contribution is -0.122. The van der Waals surface area contributed by atoms with Crippen molar-refractivity contribution in [2.75, 3.05) is 44.4 Å². The van der Waals surface area contributed by atoms with Crippen molar-refractivity contribution in [1.29, 1.82) is 0 Å². The minimum atomic E-state index is -0.474. The van der Waals surface area contributed by atoms with Crippen LogP contribution in [0.5, 0.6) is 11.5 Å². The standard InChI is InChI=1S/C19H21FN4O3/c20-18-10-15(3-4-21-18)24-7-5-23(6-8-24)12-19(25)22-11-14-1-2-16-17(9-14)27-13-26-16/h1-4,9-10H,5-8,11-13H2,(H,22,25).